The Hall–Kier alpha value is -5.86. The maximum absolute atomic E-state index is 9.98. The molecule has 1 aliphatic heterocycles. The van der Waals surface area contributed by atoms with Crippen molar-refractivity contribution in [3.8, 4) is 23.6 Å². The van der Waals surface area contributed by atoms with Crippen LogP contribution in [0.25, 0.3) is 17.0 Å². The summed E-state index contributed by atoms with van der Waals surface area (Å²) < 4.78 is 12.4. The standard InChI is InChI=1S/C43H56N4O2.C7H6N2.2C2H6/c1-6-10-12-16-34(9-4)31-49-38-22-18-35(19-23-38)42-32(5)40(29-47-42)43(46-28-37(27-44)41-17-13-14-26-45-41)36-20-24-39(25-21-36)48-30-33(8-3)15-11-7-2;8-5-4-7-3-1-2-6-9-7;2*1-2/h13-14,17-26,28,33-34,46-47H,6-12,15-16,29-31H2,1-5H3;1-3,6H,4H2;2*1-2H3/b37-28-,43-40-;;;. The molecule has 0 fully saturated rings. The van der Waals surface area contributed by atoms with Crippen molar-refractivity contribution >= 4 is 17.0 Å². The van der Waals surface area contributed by atoms with Crippen molar-refractivity contribution in [2.45, 2.75) is 127 Å². The van der Waals surface area contributed by atoms with Crippen molar-refractivity contribution in [2.75, 3.05) is 19.8 Å². The Labute approximate surface area is 375 Å². The highest BCUT2D eigenvalue weighted by Gasteiger charge is 2.22. The molecule has 0 saturated heterocycles. The number of nitriles is 2. The maximum Gasteiger partial charge on any atom is 0.119 e. The lowest BCUT2D eigenvalue weighted by atomic mass is 9.99. The van der Waals surface area contributed by atoms with Crippen LogP contribution in [0.1, 0.15) is 143 Å². The van der Waals surface area contributed by atoms with Gasteiger partial charge in [0.25, 0.3) is 0 Å². The van der Waals surface area contributed by atoms with Crippen LogP contribution in [0.5, 0.6) is 11.5 Å². The van der Waals surface area contributed by atoms with Gasteiger partial charge < -0.3 is 20.1 Å². The minimum atomic E-state index is 0.404. The van der Waals surface area contributed by atoms with E-state index in [1.807, 2.05) is 82.3 Å². The summed E-state index contributed by atoms with van der Waals surface area (Å²) in [6, 6.07) is 32.2. The van der Waals surface area contributed by atoms with Crippen LogP contribution in [-0.2, 0) is 6.42 Å². The summed E-state index contributed by atoms with van der Waals surface area (Å²) in [5.74, 6) is 2.95. The molecule has 2 unspecified atom stereocenters. The Bertz CT molecular complexity index is 1980. The average molecular weight is 839 g/mol. The number of hydrogen-bond donors (Lipinski definition) is 2. The molecule has 5 rings (SSSR count). The molecule has 3 heterocycles. The third-order valence-corrected chi connectivity index (χ3v) is 10.6. The van der Waals surface area contributed by atoms with Crippen molar-refractivity contribution in [1.82, 2.24) is 20.6 Å². The zero-order chi connectivity index (χ0) is 45.4. The Morgan fingerprint density at radius 3 is 1.84 bits per heavy atom. The van der Waals surface area contributed by atoms with Gasteiger partial charge in [-0.1, -0.05) is 112 Å². The molecule has 2 aromatic heterocycles. The fraction of sp³-hybridized carbons (Fsp3) is 0.444. The fourth-order valence-corrected chi connectivity index (χ4v) is 6.80. The number of nitrogens with one attached hydrogen (secondary N) is 2. The van der Waals surface area contributed by atoms with Crippen LogP contribution in [0.4, 0.5) is 0 Å². The Morgan fingerprint density at radius 1 is 0.742 bits per heavy atom. The number of unbranched alkanes of at least 4 members (excludes halogenated alkanes) is 3. The largest absolute Gasteiger partial charge is 0.493 e. The number of benzene rings is 2. The van der Waals surface area contributed by atoms with Gasteiger partial charge in [-0.05, 0) is 121 Å². The second-order valence-corrected chi connectivity index (χ2v) is 14.7. The summed E-state index contributed by atoms with van der Waals surface area (Å²) in [6.07, 6.45) is 16.5. The lowest BCUT2D eigenvalue weighted by Crippen LogP contribution is -2.13. The normalized spacial score (nSPS) is 13.5. The summed E-state index contributed by atoms with van der Waals surface area (Å²) in [6.45, 7) is 21.3. The monoisotopic (exact) mass is 839 g/mol. The smallest absolute Gasteiger partial charge is 0.119 e. The van der Waals surface area contributed by atoms with Gasteiger partial charge in [-0.3, -0.25) is 9.97 Å². The third-order valence-electron chi connectivity index (χ3n) is 10.6. The van der Waals surface area contributed by atoms with Gasteiger partial charge in [0.1, 0.15) is 17.6 Å². The van der Waals surface area contributed by atoms with Crippen LogP contribution in [0.2, 0.25) is 0 Å². The van der Waals surface area contributed by atoms with Crippen molar-refractivity contribution in [3.63, 3.8) is 0 Å². The van der Waals surface area contributed by atoms with Crippen LogP contribution in [0, 0.1) is 34.5 Å². The van der Waals surface area contributed by atoms with Crippen LogP contribution < -0.4 is 20.1 Å². The maximum atomic E-state index is 9.98. The van der Waals surface area contributed by atoms with Crippen LogP contribution in [0.3, 0.4) is 0 Å². The minimum Gasteiger partial charge on any atom is -0.493 e. The predicted octanol–water partition coefficient (Wildman–Crippen LogP) is 13.8. The van der Waals surface area contributed by atoms with Gasteiger partial charge in [-0.2, -0.15) is 10.5 Å². The van der Waals surface area contributed by atoms with Crippen molar-refractivity contribution in [3.05, 3.63) is 137 Å². The van der Waals surface area contributed by atoms with Gasteiger partial charge in [0.15, 0.2) is 0 Å². The van der Waals surface area contributed by atoms with E-state index in [4.69, 9.17) is 14.7 Å². The number of pyridine rings is 2. The Balaban J connectivity index is 0.000000883. The van der Waals surface area contributed by atoms with E-state index >= 15 is 0 Å². The topological polar surface area (TPSA) is 116 Å². The molecule has 0 bridgehead atoms. The number of aromatic nitrogens is 2. The van der Waals surface area contributed by atoms with E-state index in [-0.39, 0.29) is 0 Å². The molecule has 4 aromatic rings. The molecule has 0 aliphatic carbocycles. The summed E-state index contributed by atoms with van der Waals surface area (Å²) in [5.41, 5.74) is 8.41. The number of hydrogen-bond acceptors (Lipinski definition) is 8. The van der Waals surface area contributed by atoms with Crippen molar-refractivity contribution in [2.24, 2.45) is 11.8 Å². The van der Waals surface area contributed by atoms with Gasteiger partial charge in [0.2, 0.25) is 0 Å². The summed E-state index contributed by atoms with van der Waals surface area (Å²) in [7, 11) is 0. The highest BCUT2D eigenvalue weighted by molar-refractivity contribution is 5.84. The van der Waals surface area contributed by atoms with E-state index in [1.165, 1.54) is 44.9 Å². The zero-order valence-electron chi connectivity index (χ0n) is 39.3. The van der Waals surface area contributed by atoms with E-state index < -0.39 is 0 Å². The number of ether oxygens (including phenoxy) is 2. The van der Waals surface area contributed by atoms with E-state index in [9.17, 15) is 5.26 Å². The van der Waals surface area contributed by atoms with Gasteiger partial charge in [0.05, 0.1) is 48.4 Å². The lowest BCUT2D eigenvalue weighted by Gasteiger charge is -2.17. The molecule has 2 N–H and O–H groups in total. The molecule has 0 spiro atoms. The molecule has 0 amide bonds. The number of rotatable bonds is 21. The minimum absolute atomic E-state index is 0.404. The average Bonchev–Trinajstić information content (AvgIpc) is 3.72. The molecule has 2 atom stereocenters. The first-order valence-corrected chi connectivity index (χ1v) is 23.1. The second-order valence-electron chi connectivity index (χ2n) is 14.7. The highest BCUT2D eigenvalue weighted by Crippen LogP contribution is 2.33. The van der Waals surface area contributed by atoms with Crippen molar-refractivity contribution in [1.29, 1.82) is 10.5 Å². The molecule has 8 nitrogen and oxygen atoms in total. The van der Waals surface area contributed by atoms with Gasteiger partial charge in [-0.15, -0.1) is 0 Å². The van der Waals surface area contributed by atoms with Gasteiger partial charge >= 0.3 is 0 Å². The summed E-state index contributed by atoms with van der Waals surface area (Å²) >= 11 is 0. The van der Waals surface area contributed by atoms with Crippen LogP contribution in [-0.4, -0.2) is 29.7 Å². The summed E-state index contributed by atoms with van der Waals surface area (Å²) in [5, 5.41) is 25.4. The first kappa shape index (κ1) is 52.3. The lowest BCUT2D eigenvalue weighted by molar-refractivity contribution is 0.232. The van der Waals surface area contributed by atoms with E-state index in [0.29, 0.717) is 36.1 Å². The van der Waals surface area contributed by atoms with E-state index in [1.54, 1.807) is 18.6 Å². The number of allylic oxidation sites excluding steroid dienone is 1. The van der Waals surface area contributed by atoms with Gasteiger partial charge in [-0.25, -0.2) is 0 Å². The molecule has 0 saturated carbocycles. The fourth-order valence-electron chi connectivity index (χ4n) is 6.80. The Morgan fingerprint density at radius 2 is 1.32 bits per heavy atom. The molecule has 8 heteroatoms. The molecular weight excluding hydrogens is 765 g/mol. The van der Waals surface area contributed by atoms with Crippen molar-refractivity contribution < 1.29 is 9.47 Å². The van der Waals surface area contributed by atoms with Crippen LogP contribution in [0.15, 0.2) is 115 Å². The second kappa shape index (κ2) is 31.9. The molecule has 0 radical (unpaired) electrons. The third kappa shape index (κ3) is 18.0. The van der Waals surface area contributed by atoms with Gasteiger partial charge in [0, 0.05) is 36.4 Å². The predicted molar refractivity (Wildman–Crippen MR) is 260 cm³/mol. The molecular formula is C54H74N6O2. The molecule has 1 aliphatic rings. The number of nitrogens with zero attached hydrogens (tertiary/aromatic N) is 4. The Kier molecular flexibility index (Phi) is 26.9. The van der Waals surface area contributed by atoms with E-state index in [0.717, 1.165) is 76.9 Å². The molecule has 2 aromatic carbocycles. The highest BCUT2D eigenvalue weighted by atomic mass is 16.5. The first-order chi connectivity index (χ1) is 30.4. The zero-order valence-corrected chi connectivity index (χ0v) is 39.3. The molecule has 62 heavy (non-hydrogen) atoms. The molecule has 332 valence electrons. The first-order valence-electron chi connectivity index (χ1n) is 23.1. The SMILES string of the molecule is CC.CC.CCCCCC(CC)COc1ccc(C2=C(C)/C(=C(\N/C=C(/C#N)c3ccccn3)c3ccc(OCC(CC)CCCC)cc3)CN2)cc1.N#CCc1ccccn1. The van der Waals surface area contributed by atoms with Crippen LogP contribution >= 0.6 is 0 Å². The summed E-state index contributed by atoms with van der Waals surface area (Å²) in [4.78, 5) is 8.34. The van der Waals surface area contributed by atoms with E-state index in [2.05, 4.69) is 97.7 Å². The quantitative estimate of drug-likeness (QED) is 0.0629.